The van der Waals surface area contributed by atoms with E-state index in [9.17, 15) is 4.79 Å². The van der Waals surface area contributed by atoms with Crippen LogP contribution in [0.15, 0.2) is 24.3 Å². The highest BCUT2D eigenvalue weighted by atomic mass is 16.4. The van der Waals surface area contributed by atoms with Crippen LogP contribution in [0, 0.1) is 0 Å². The largest absolute Gasteiger partial charge is 0.480 e. The van der Waals surface area contributed by atoms with E-state index >= 15 is 0 Å². The molecule has 1 aromatic heterocycles. The third-order valence-corrected chi connectivity index (χ3v) is 5.10. The van der Waals surface area contributed by atoms with E-state index in [1.807, 2.05) is 17.9 Å². The summed E-state index contributed by atoms with van der Waals surface area (Å²) in [5.74, 6) is 0.343. The van der Waals surface area contributed by atoms with E-state index in [-0.39, 0.29) is 6.54 Å². The fourth-order valence-corrected chi connectivity index (χ4v) is 3.69. The normalized spacial score (nSPS) is 20.1. The first kappa shape index (κ1) is 17.9. The number of aliphatic carboxylic acids is 1. The van der Waals surface area contributed by atoms with Crippen LogP contribution in [0.3, 0.4) is 0 Å². The molecule has 0 amide bonds. The molecule has 6 heteroatoms. The summed E-state index contributed by atoms with van der Waals surface area (Å²) in [6.45, 7) is 6.88. The average Bonchev–Trinajstić information content (AvgIpc) is 2.90. The molecule has 0 spiro atoms. The maximum Gasteiger partial charge on any atom is 0.317 e. The number of aromatic nitrogens is 2. The van der Waals surface area contributed by atoms with Gasteiger partial charge in [-0.1, -0.05) is 26.0 Å². The minimum Gasteiger partial charge on any atom is -0.480 e. The monoisotopic (exact) mass is 344 g/mol. The summed E-state index contributed by atoms with van der Waals surface area (Å²) >= 11 is 0. The second-order valence-corrected chi connectivity index (χ2v) is 6.83. The summed E-state index contributed by atoms with van der Waals surface area (Å²) < 4.78 is 2.31. The summed E-state index contributed by atoms with van der Waals surface area (Å²) in [7, 11) is 0. The summed E-state index contributed by atoms with van der Waals surface area (Å²) in [4.78, 5) is 17.8. The van der Waals surface area contributed by atoms with Crippen LogP contribution < -0.4 is 5.32 Å². The number of carboxylic acid groups (broad SMARTS) is 1. The lowest BCUT2D eigenvalue weighted by Gasteiger charge is -2.42. The fourth-order valence-electron chi connectivity index (χ4n) is 3.69. The Morgan fingerprint density at radius 1 is 1.36 bits per heavy atom. The third kappa shape index (κ3) is 4.02. The lowest BCUT2D eigenvalue weighted by molar-refractivity contribution is -0.139. The Balaban J connectivity index is 1.57. The van der Waals surface area contributed by atoms with Crippen molar-refractivity contribution in [3.05, 3.63) is 30.1 Å². The van der Waals surface area contributed by atoms with E-state index in [4.69, 9.17) is 10.1 Å². The Morgan fingerprint density at radius 2 is 2.12 bits per heavy atom. The van der Waals surface area contributed by atoms with Crippen LogP contribution in [0.1, 0.15) is 38.9 Å². The van der Waals surface area contributed by atoms with Gasteiger partial charge in [0.2, 0.25) is 0 Å². The molecular weight excluding hydrogens is 316 g/mol. The number of rotatable bonds is 9. The number of aryl methyl sites for hydroxylation is 1. The van der Waals surface area contributed by atoms with Gasteiger partial charge in [0.1, 0.15) is 5.82 Å². The highest BCUT2D eigenvalue weighted by Crippen LogP contribution is 2.26. The molecule has 0 radical (unpaired) electrons. The summed E-state index contributed by atoms with van der Waals surface area (Å²) in [6, 6.07) is 9.12. The number of fused-ring (bicyclic) bond motifs is 1. The molecule has 1 aromatic carbocycles. The smallest absolute Gasteiger partial charge is 0.317 e. The lowest BCUT2D eigenvalue weighted by atomic mass is 9.85. The second kappa shape index (κ2) is 7.97. The molecule has 0 aliphatic heterocycles. The molecule has 3 rings (SSSR count). The van der Waals surface area contributed by atoms with E-state index in [1.165, 1.54) is 5.52 Å². The molecule has 1 saturated carbocycles. The Hall–Kier alpha value is -1.92. The Morgan fingerprint density at radius 3 is 2.80 bits per heavy atom. The maximum atomic E-state index is 10.9. The molecule has 136 valence electrons. The summed E-state index contributed by atoms with van der Waals surface area (Å²) in [5.41, 5.74) is 2.25. The van der Waals surface area contributed by atoms with Crippen molar-refractivity contribution in [1.82, 2.24) is 19.8 Å². The zero-order valence-electron chi connectivity index (χ0n) is 15.1. The Kier molecular flexibility index (Phi) is 5.71. The van der Waals surface area contributed by atoms with Crippen LogP contribution in [0.5, 0.6) is 0 Å². The van der Waals surface area contributed by atoms with Crippen LogP contribution in [0.4, 0.5) is 0 Å². The number of nitrogens with one attached hydrogen (secondary N) is 1. The van der Waals surface area contributed by atoms with Gasteiger partial charge < -0.3 is 15.0 Å². The number of hydrogen-bond acceptors (Lipinski definition) is 4. The van der Waals surface area contributed by atoms with Crippen molar-refractivity contribution in [3.63, 3.8) is 0 Å². The van der Waals surface area contributed by atoms with Gasteiger partial charge >= 0.3 is 5.97 Å². The van der Waals surface area contributed by atoms with Gasteiger partial charge in [-0.25, -0.2) is 4.98 Å². The predicted molar refractivity (Wildman–Crippen MR) is 98.6 cm³/mol. The molecule has 1 heterocycles. The van der Waals surface area contributed by atoms with Gasteiger partial charge in [0.15, 0.2) is 0 Å². The third-order valence-electron chi connectivity index (χ3n) is 5.10. The van der Waals surface area contributed by atoms with E-state index in [2.05, 4.69) is 35.0 Å². The van der Waals surface area contributed by atoms with E-state index in [1.54, 1.807) is 0 Å². The molecule has 2 N–H and O–H groups in total. The number of carbonyl (C=O) groups is 1. The van der Waals surface area contributed by atoms with Crippen LogP contribution in [0.25, 0.3) is 11.0 Å². The molecule has 1 aliphatic carbocycles. The van der Waals surface area contributed by atoms with Crippen LogP contribution in [-0.2, 0) is 17.9 Å². The Labute approximate surface area is 148 Å². The van der Waals surface area contributed by atoms with Gasteiger partial charge in [-0.3, -0.25) is 9.69 Å². The fraction of sp³-hybridized carbons (Fsp3) is 0.579. The number of benzene rings is 1. The molecule has 25 heavy (non-hydrogen) atoms. The standard InChI is InChI=1S/C19H28N4O2/c1-3-9-23-17-8-6-5-7-16(17)21-18(23)12-20-14-10-15(11-14)22(4-2)13-19(24)25/h5-8,14-15,20H,3-4,9-13H2,1-2H3,(H,24,25). The molecule has 0 unspecified atom stereocenters. The predicted octanol–water partition coefficient (Wildman–Crippen LogP) is 2.47. The summed E-state index contributed by atoms with van der Waals surface area (Å²) in [6.07, 6.45) is 3.10. The average molecular weight is 344 g/mol. The molecular formula is C19H28N4O2. The van der Waals surface area contributed by atoms with Crippen molar-refractivity contribution in [2.24, 2.45) is 0 Å². The second-order valence-electron chi connectivity index (χ2n) is 6.83. The SMILES string of the molecule is CCCn1c(CNC2CC(N(CC)CC(=O)O)C2)nc2ccccc21. The topological polar surface area (TPSA) is 70.4 Å². The van der Waals surface area contributed by atoms with Crippen molar-refractivity contribution in [2.75, 3.05) is 13.1 Å². The highest BCUT2D eigenvalue weighted by molar-refractivity contribution is 5.75. The van der Waals surface area contributed by atoms with Gasteiger partial charge in [-0.15, -0.1) is 0 Å². The first-order chi connectivity index (χ1) is 12.1. The van der Waals surface area contributed by atoms with E-state index in [0.29, 0.717) is 12.1 Å². The Bertz CT molecular complexity index is 721. The minimum absolute atomic E-state index is 0.139. The molecule has 2 aromatic rings. The molecule has 6 nitrogen and oxygen atoms in total. The molecule has 1 fully saturated rings. The van der Waals surface area contributed by atoms with Crippen LogP contribution in [-0.4, -0.2) is 50.7 Å². The number of likely N-dealkylation sites (N-methyl/N-ethyl adjacent to an activating group) is 1. The number of hydrogen-bond donors (Lipinski definition) is 2. The molecule has 0 saturated heterocycles. The van der Waals surface area contributed by atoms with Crippen molar-refractivity contribution < 1.29 is 9.90 Å². The van der Waals surface area contributed by atoms with Gasteiger partial charge in [0, 0.05) is 18.6 Å². The van der Waals surface area contributed by atoms with E-state index < -0.39 is 5.97 Å². The number of imidazole rings is 1. The van der Waals surface area contributed by atoms with Crippen molar-refractivity contribution in [1.29, 1.82) is 0 Å². The first-order valence-electron chi connectivity index (χ1n) is 9.25. The van der Waals surface area contributed by atoms with Gasteiger partial charge in [-0.2, -0.15) is 0 Å². The van der Waals surface area contributed by atoms with Crippen molar-refractivity contribution in [2.45, 2.75) is 58.3 Å². The zero-order chi connectivity index (χ0) is 17.8. The summed E-state index contributed by atoms with van der Waals surface area (Å²) in [5, 5.41) is 12.6. The van der Waals surface area contributed by atoms with Crippen LogP contribution >= 0.6 is 0 Å². The van der Waals surface area contributed by atoms with Crippen molar-refractivity contribution in [3.8, 4) is 0 Å². The minimum atomic E-state index is -0.744. The molecule has 1 aliphatic rings. The maximum absolute atomic E-state index is 10.9. The van der Waals surface area contributed by atoms with Gasteiger partial charge in [0.05, 0.1) is 24.1 Å². The van der Waals surface area contributed by atoms with Crippen molar-refractivity contribution >= 4 is 17.0 Å². The number of carboxylic acids is 1. The molecule has 0 atom stereocenters. The number of nitrogens with zero attached hydrogens (tertiary/aromatic N) is 3. The number of para-hydroxylation sites is 2. The molecule has 0 bridgehead atoms. The zero-order valence-corrected chi connectivity index (χ0v) is 15.1. The van der Waals surface area contributed by atoms with Gasteiger partial charge in [-0.05, 0) is 37.9 Å². The van der Waals surface area contributed by atoms with Crippen LogP contribution in [0.2, 0.25) is 0 Å². The first-order valence-corrected chi connectivity index (χ1v) is 9.25. The lowest BCUT2D eigenvalue weighted by Crippen LogP contribution is -2.53. The quantitative estimate of drug-likeness (QED) is 0.731. The van der Waals surface area contributed by atoms with E-state index in [0.717, 1.165) is 50.2 Å². The van der Waals surface area contributed by atoms with Gasteiger partial charge in [0.25, 0.3) is 0 Å². The highest BCUT2D eigenvalue weighted by Gasteiger charge is 2.33.